The van der Waals surface area contributed by atoms with Gasteiger partial charge in [0.25, 0.3) is 17.7 Å². The fourth-order valence-corrected chi connectivity index (χ4v) is 11.0. The molecule has 0 saturated carbocycles. The average molecular weight is 1300 g/mol. The number of alkyl halides is 2. The van der Waals surface area contributed by atoms with E-state index in [9.17, 15) is 38.0 Å². The van der Waals surface area contributed by atoms with Crippen molar-refractivity contribution in [2.45, 2.75) is 50.8 Å². The third-order valence-electron chi connectivity index (χ3n) is 13.6. The summed E-state index contributed by atoms with van der Waals surface area (Å²) in [5, 5.41) is 21.1. The van der Waals surface area contributed by atoms with Gasteiger partial charge in [-0.2, -0.15) is 5.26 Å². The molecular formula is C62H75F2N11O14S2. The maximum Gasteiger partial charge on any atom is 0.407 e. The van der Waals surface area contributed by atoms with Crippen LogP contribution in [0.4, 0.5) is 19.3 Å². The van der Waals surface area contributed by atoms with E-state index in [0.29, 0.717) is 93.4 Å². The average Bonchev–Trinajstić information content (AvgIpc) is 1.42. The molecule has 488 valence electrons. The number of fused-ring (bicyclic) bond motifs is 2. The molecule has 0 radical (unpaired) electrons. The third kappa shape index (κ3) is 23.3. The highest BCUT2D eigenvalue weighted by atomic mass is 33.1. The van der Waals surface area contributed by atoms with Crippen LogP contribution in [-0.4, -0.2) is 203 Å². The van der Waals surface area contributed by atoms with Crippen molar-refractivity contribution in [2.24, 2.45) is 0 Å². The number of pyridine rings is 4. The van der Waals surface area contributed by atoms with Crippen molar-refractivity contribution in [2.75, 3.05) is 136 Å². The molecule has 1 unspecified atom stereocenters. The molecule has 4 aromatic heterocycles. The molecule has 2 aromatic carbocycles. The fraction of sp³-hybridized carbons (Fsp3) is 0.452. The highest BCUT2D eigenvalue weighted by Crippen LogP contribution is 2.34. The summed E-state index contributed by atoms with van der Waals surface area (Å²) in [6.07, 6.45) is 7.19. The topological polar surface area (TPSA) is 321 Å². The molecule has 25 nitrogen and oxygen atoms in total. The summed E-state index contributed by atoms with van der Waals surface area (Å²) in [4.78, 5) is 84.2. The lowest BCUT2D eigenvalue weighted by atomic mass is 9.98. The van der Waals surface area contributed by atoms with Crippen molar-refractivity contribution in [1.82, 2.24) is 46.1 Å². The Hall–Kier alpha value is -8.08. The quantitative estimate of drug-likeness (QED) is 0.0212. The molecule has 6 aromatic rings. The summed E-state index contributed by atoms with van der Waals surface area (Å²) >= 11 is 0. The molecule has 0 aliphatic carbocycles. The number of amides is 5. The lowest BCUT2D eigenvalue weighted by Crippen LogP contribution is -2.50. The number of nitrogens with two attached hydrogens (primary N) is 1. The van der Waals surface area contributed by atoms with Gasteiger partial charge in [0.05, 0.1) is 127 Å². The molecule has 1 aliphatic rings. The van der Waals surface area contributed by atoms with Crippen molar-refractivity contribution >= 4 is 78.8 Å². The number of unbranched alkanes of at least 4 members (excludes halogenated alkanes) is 1. The zero-order valence-electron chi connectivity index (χ0n) is 50.6. The summed E-state index contributed by atoms with van der Waals surface area (Å²) in [5.74, 6) is -4.87. The number of nitrogens with one attached hydrogen (secondary N) is 4. The van der Waals surface area contributed by atoms with Gasteiger partial charge in [0, 0.05) is 84.3 Å². The summed E-state index contributed by atoms with van der Waals surface area (Å²) in [6.45, 7) is 5.36. The summed E-state index contributed by atoms with van der Waals surface area (Å²) in [6, 6.07) is 18.6. The Bertz CT molecular complexity index is 3370. The van der Waals surface area contributed by atoms with E-state index >= 15 is 0 Å². The Balaban J connectivity index is 0.834. The minimum absolute atomic E-state index is 0.0774. The van der Waals surface area contributed by atoms with E-state index in [-0.39, 0.29) is 50.0 Å². The van der Waals surface area contributed by atoms with Crippen LogP contribution >= 0.6 is 21.6 Å². The maximum absolute atomic E-state index is 14.0. The summed E-state index contributed by atoms with van der Waals surface area (Å²) < 4.78 is 77.6. The second kappa shape index (κ2) is 37.9. The molecule has 2 atom stereocenters. The van der Waals surface area contributed by atoms with E-state index in [2.05, 4.69) is 48.1 Å². The van der Waals surface area contributed by atoms with Gasteiger partial charge < -0.3 is 74.5 Å². The van der Waals surface area contributed by atoms with E-state index in [4.69, 9.17) is 48.4 Å². The number of carbonyl (C=O) groups is 5. The van der Waals surface area contributed by atoms with Gasteiger partial charge in [0.2, 0.25) is 17.7 Å². The maximum atomic E-state index is 14.0. The second-order valence-corrected chi connectivity index (χ2v) is 22.9. The van der Waals surface area contributed by atoms with E-state index in [1.807, 2.05) is 30.3 Å². The van der Waals surface area contributed by atoms with Crippen molar-refractivity contribution in [3.63, 3.8) is 0 Å². The number of halogens is 2. The Morgan fingerprint density at radius 3 is 2.07 bits per heavy atom. The van der Waals surface area contributed by atoms with Gasteiger partial charge >= 0.3 is 6.09 Å². The molecule has 5 amide bonds. The number of aromatic nitrogens is 4. The molecule has 91 heavy (non-hydrogen) atoms. The Morgan fingerprint density at radius 2 is 1.40 bits per heavy atom. The van der Waals surface area contributed by atoms with Crippen LogP contribution in [0.5, 0.6) is 11.6 Å². The van der Waals surface area contributed by atoms with Gasteiger partial charge in [0.1, 0.15) is 24.4 Å². The van der Waals surface area contributed by atoms with Crippen LogP contribution in [-0.2, 0) is 54.1 Å². The van der Waals surface area contributed by atoms with E-state index in [1.165, 1.54) is 53.1 Å². The van der Waals surface area contributed by atoms with Gasteiger partial charge in [-0.25, -0.2) is 18.6 Å². The van der Waals surface area contributed by atoms with Crippen molar-refractivity contribution in [3.8, 4) is 40.0 Å². The van der Waals surface area contributed by atoms with E-state index < -0.39 is 73.8 Å². The number of nitrogen functional groups attached to an aromatic ring is 1. The number of hydrogen-bond acceptors (Lipinski definition) is 22. The van der Waals surface area contributed by atoms with E-state index in [0.717, 1.165) is 57.5 Å². The largest absolute Gasteiger partial charge is 0.484 e. The smallest absolute Gasteiger partial charge is 0.407 e. The first-order valence-corrected chi connectivity index (χ1v) is 31.9. The van der Waals surface area contributed by atoms with Crippen LogP contribution in [0.3, 0.4) is 0 Å². The first kappa shape index (κ1) is 70.4. The van der Waals surface area contributed by atoms with Crippen molar-refractivity contribution < 1.29 is 75.4 Å². The normalized spacial score (nSPS) is 13.7. The second-order valence-electron chi connectivity index (χ2n) is 20.2. The monoisotopic (exact) mass is 1300 g/mol. The predicted molar refractivity (Wildman–Crippen MR) is 337 cm³/mol. The first-order valence-electron chi connectivity index (χ1n) is 29.4. The number of carbonyl (C=O) groups excluding carboxylic acids is 5. The zero-order chi connectivity index (χ0) is 64.6. The number of nitriles is 1. The molecular weight excluding hydrogens is 1220 g/mol. The Morgan fingerprint density at radius 1 is 0.736 bits per heavy atom. The van der Waals surface area contributed by atoms with E-state index in [1.54, 1.807) is 42.9 Å². The molecule has 1 aliphatic heterocycles. The number of alkyl carbamates (subject to hydrolysis) is 1. The van der Waals surface area contributed by atoms with Crippen LogP contribution in [0.15, 0.2) is 91.5 Å². The van der Waals surface area contributed by atoms with Crippen LogP contribution in [0.1, 0.15) is 42.2 Å². The highest BCUT2D eigenvalue weighted by Gasteiger charge is 2.47. The minimum atomic E-state index is -3.22. The number of nitrogens with zero attached hydrogens (tertiary/aromatic N) is 6. The molecule has 29 heteroatoms. The lowest BCUT2D eigenvalue weighted by Gasteiger charge is -2.19. The molecule has 1 fully saturated rings. The third-order valence-corrected chi connectivity index (χ3v) is 16.0. The number of anilines is 1. The van der Waals surface area contributed by atoms with Gasteiger partial charge in [-0.3, -0.25) is 34.1 Å². The number of methoxy groups -OCH3 is 1. The lowest BCUT2D eigenvalue weighted by molar-refractivity contribution is -0.131. The Labute approximate surface area is 533 Å². The SMILES string of the molecule is CCCCOCCOCCOCCOCCOCCOCCNC(=O)C(CSSCCNC(=O)OCc1ccc(-c2ccnc3ccc(-c4cnc(OC)c(N)c4)cc23)cn1)NC(=O)COc1ccc2nccc(C(=O)NCC(=O)N3CC(F)(F)C[C@H]3C#N)c2c1. The highest BCUT2D eigenvalue weighted by molar-refractivity contribution is 8.76. The summed E-state index contributed by atoms with van der Waals surface area (Å²) in [7, 11) is 4.15. The standard InChI is InChI=1S/C62H75F2N11O14S2/c1-3-4-17-82-19-21-84-23-25-86-27-28-87-26-24-85-22-20-83-18-15-69-59(79)55(74-56(76)39-88-47-8-10-54-51(32-47)49(12-14-68-54)58(78)72-37-57(77)75-41-62(63,64)33-46(75)34-65)40-91-90-29-16-70-61(80)89-38-45-7-5-43(35-71-45)48-11-13-67-53-9-6-42(30-50(48)53)44-31-52(66)60(81-2)73-36-44/h5-14,30-32,35-36,46,55H,3-4,15-29,33,37-41,66H2,1-2H3,(H,69,79)(H,70,80)(H,72,78)(H,74,76)/t46-,55?/m0/s1. The van der Waals surface area contributed by atoms with Gasteiger partial charge in [0.15, 0.2) is 6.61 Å². The molecule has 5 heterocycles. The van der Waals surface area contributed by atoms with Crippen molar-refractivity contribution in [1.29, 1.82) is 5.26 Å². The van der Waals surface area contributed by atoms with Crippen molar-refractivity contribution in [3.05, 3.63) is 103 Å². The minimum Gasteiger partial charge on any atom is -0.484 e. The number of benzene rings is 2. The molecule has 7 rings (SSSR count). The first-order chi connectivity index (χ1) is 44.2. The molecule has 0 bridgehead atoms. The molecule has 6 N–H and O–H groups in total. The Kier molecular flexibility index (Phi) is 29.3. The number of likely N-dealkylation sites (tertiary alicyclic amines) is 1. The fourth-order valence-electron chi connectivity index (χ4n) is 8.95. The van der Waals surface area contributed by atoms with Gasteiger partial charge in [-0.15, -0.1) is 0 Å². The zero-order valence-corrected chi connectivity index (χ0v) is 52.3. The van der Waals surface area contributed by atoms with Crippen LogP contribution in [0.2, 0.25) is 0 Å². The molecule has 1 saturated heterocycles. The van der Waals surface area contributed by atoms with Crippen LogP contribution in [0, 0.1) is 11.3 Å². The van der Waals surface area contributed by atoms with Gasteiger partial charge in [-0.05, 0) is 72.1 Å². The van der Waals surface area contributed by atoms with Gasteiger partial charge in [-0.1, -0.05) is 47.1 Å². The number of rotatable bonds is 40. The van der Waals surface area contributed by atoms with Crippen LogP contribution in [0.25, 0.3) is 44.1 Å². The number of hydrogen-bond donors (Lipinski definition) is 5. The van der Waals surface area contributed by atoms with Crippen LogP contribution < -0.4 is 36.5 Å². The predicted octanol–water partition coefficient (Wildman–Crippen LogP) is 6.17. The molecule has 0 spiro atoms. The number of ether oxygens (including phenoxy) is 9. The summed E-state index contributed by atoms with van der Waals surface area (Å²) in [5.41, 5.74) is 11.8.